The fourth-order valence-electron chi connectivity index (χ4n) is 1.97. The molecule has 0 bridgehead atoms. The average Bonchev–Trinajstić information content (AvgIpc) is 2.57. The summed E-state index contributed by atoms with van der Waals surface area (Å²) in [7, 11) is -1.69. The summed E-state index contributed by atoms with van der Waals surface area (Å²) in [5, 5.41) is 0.237. The molecule has 1 aliphatic rings. The number of carbonyl (C=O) groups is 1. The van der Waals surface area contributed by atoms with Gasteiger partial charge in [0.15, 0.2) is 14.1 Å². The summed E-state index contributed by atoms with van der Waals surface area (Å²) >= 11 is 0. The summed E-state index contributed by atoms with van der Waals surface area (Å²) in [4.78, 5) is 11.8. The number of Topliss-reactive ketones (excluding diaryl/α,β-unsaturated/α-hetero) is 1. The zero-order valence-corrected chi connectivity index (χ0v) is 13.9. The van der Waals surface area contributed by atoms with Crippen LogP contribution in [0.5, 0.6) is 0 Å². The highest BCUT2D eigenvalue weighted by Gasteiger charge is 2.37. The van der Waals surface area contributed by atoms with Gasteiger partial charge in [0.05, 0.1) is 6.61 Å². The van der Waals surface area contributed by atoms with Gasteiger partial charge in [-0.15, -0.1) is 0 Å². The van der Waals surface area contributed by atoms with Crippen molar-refractivity contribution in [2.45, 2.75) is 71.5 Å². The normalized spacial score (nSPS) is 17.8. The van der Waals surface area contributed by atoms with E-state index >= 15 is 0 Å². The van der Waals surface area contributed by atoms with Gasteiger partial charge in [0.1, 0.15) is 0 Å². The summed E-state index contributed by atoms with van der Waals surface area (Å²) in [6.45, 7) is 14.1. The van der Waals surface area contributed by atoms with Crippen molar-refractivity contribution in [2.75, 3.05) is 6.61 Å². The highest BCUT2D eigenvalue weighted by molar-refractivity contribution is 6.74. The van der Waals surface area contributed by atoms with Gasteiger partial charge >= 0.3 is 0 Å². The highest BCUT2D eigenvalue weighted by atomic mass is 28.4. The van der Waals surface area contributed by atoms with Crippen molar-refractivity contribution in [3.05, 3.63) is 11.1 Å². The van der Waals surface area contributed by atoms with Crippen LogP contribution in [0.1, 0.15) is 53.4 Å². The molecule has 0 saturated carbocycles. The van der Waals surface area contributed by atoms with Crippen LogP contribution < -0.4 is 0 Å². The van der Waals surface area contributed by atoms with Gasteiger partial charge in [0.25, 0.3) is 0 Å². The lowest BCUT2D eigenvalue weighted by atomic mass is 10.1. The van der Waals surface area contributed by atoms with Crippen LogP contribution in [-0.2, 0) is 9.22 Å². The predicted molar refractivity (Wildman–Crippen MR) is 79.3 cm³/mol. The van der Waals surface area contributed by atoms with Crippen molar-refractivity contribution in [1.29, 1.82) is 0 Å². The van der Waals surface area contributed by atoms with E-state index < -0.39 is 8.32 Å². The number of allylic oxidation sites excluding steroid dienone is 1. The van der Waals surface area contributed by atoms with Gasteiger partial charge in [-0.2, -0.15) is 0 Å². The van der Waals surface area contributed by atoms with Crippen molar-refractivity contribution in [3.63, 3.8) is 0 Å². The van der Waals surface area contributed by atoms with E-state index in [9.17, 15) is 4.79 Å². The van der Waals surface area contributed by atoms with Crippen molar-refractivity contribution in [2.24, 2.45) is 0 Å². The molecule has 3 heteroatoms. The van der Waals surface area contributed by atoms with E-state index in [1.54, 1.807) is 0 Å². The van der Waals surface area contributed by atoms with Crippen LogP contribution in [0.4, 0.5) is 0 Å². The maximum absolute atomic E-state index is 11.8. The second-order valence-corrected chi connectivity index (χ2v) is 11.6. The molecule has 0 aromatic carbocycles. The quantitative estimate of drug-likeness (QED) is 0.688. The average molecular weight is 268 g/mol. The summed E-state index contributed by atoms with van der Waals surface area (Å²) in [6, 6.07) is 0. The Morgan fingerprint density at radius 1 is 1.22 bits per heavy atom. The molecule has 0 saturated heterocycles. The minimum Gasteiger partial charge on any atom is -0.413 e. The van der Waals surface area contributed by atoms with Crippen LogP contribution >= 0.6 is 0 Å². The minimum atomic E-state index is -1.69. The highest BCUT2D eigenvalue weighted by Crippen LogP contribution is 2.37. The molecule has 1 rings (SSSR count). The van der Waals surface area contributed by atoms with Crippen LogP contribution in [0, 0.1) is 0 Å². The summed E-state index contributed by atoms with van der Waals surface area (Å²) in [6.07, 6.45) is 3.59. The first-order chi connectivity index (χ1) is 8.19. The van der Waals surface area contributed by atoms with Crippen LogP contribution in [0.25, 0.3) is 0 Å². The third kappa shape index (κ3) is 3.54. The topological polar surface area (TPSA) is 26.3 Å². The zero-order chi connectivity index (χ0) is 14.0. The molecule has 0 N–H and O–H groups in total. The maximum atomic E-state index is 11.8. The van der Waals surface area contributed by atoms with Crippen LogP contribution in [-0.4, -0.2) is 20.7 Å². The summed E-state index contributed by atoms with van der Waals surface area (Å²) in [5.41, 5.74) is 2.34. The molecule has 0 aliphatic heterocycles. The molecule has 0 fully saturated rings. The predicted octanol–water partition coefficient (Wildman–Crippen LogP) is 4.47. The number of rotatable bonds is 5. The van der Waals surface area contributed by atoms with E-state index in [1.807, 2.05) is 0 Å². The van der Waals surface area contributed by atoms with Crippen molar-refractivity contribution in [3.8, 4) is 0 Å². The third-order valence-corrected chi connectivity index (χ3v) is 8.81. The smallest absolute Gasteiger partial charge is 0.192 e. The molecule has 18 heavy (non-hydrogen) atoms. The Balaban J connectivity index is 2.71. The van der Waals surface area contributed by atoms with Gasteiger partial charge in [0, 0.05) is 6.42 Å². The lowest BCUT2D eigenvalue weighted by molar-refractivity contribution is -0.115. The van der Waals surface area contributed by atoms with Crippen LogP contribution in [0.3, 0.4) is 0 Å². The number of hydrogen-bond acceptors (Lipinski definition) is 2. The monoisotopic (exact) mass is 268 g/mol. The molecule has 0 atom stereocenters. The van der Waals surface area contributed by atoms with Gasteiger partial charge in [-0.1, -0.05) is 34.1 Å². The van der Waals surface area contributed by atoms with Gasteiger partial charge in [-0.05, 0) is 42.1 Å². The Kier molecular flexibility index (Phi) is 4.95. The molecular formula is C15H28O2Si. The fourth-order valence-corrected chi connectivity index (χ4v) is 2.94. The Labute approximate surface area is 113 Å². The lowest BCUT2D eigenvalue weighted by Gasteiger charge is -2.36. The molecule has 0 radical (unpaired) electrons. The van der Waals surface area contributed by atoms with E-state index in [1.165, 1.54) is 5.57 Å². The lowest BCUT2D eigenvalue weighted by Crippen LogP contribution is -2.41. The van der Waals surface area contributed by atoms with Gasteiger partial charge in [-0.25, -0.2) is 0 Å². The number of carbonyl (C=O) groups excluding carboxylic acids is 1. The molecule has 0 unspecified atom stereocenters. The van der Waals surface area contributed by atoms with E-state index in [4.69, 9.17) is 4.43 Å². The Bertz CT molecular complexity index is 348. The molecule has 0 aromatic heterocycles. The van der Waals surface area contributed by atoms with Gasteiger partial charge < -0.3 is 4.43 Å². The second-order valence-electron chi connectivity index (χ2n) is 6.80. The summed E-state index contributed by atoms with van der Waals surface area (Å²) in [5.74, 6) is 0.352. The van der Waals surface area contributed by atoms with E-state index in [-0.39, 0.29) is 5.04 Å². The fraction of sp³-hybridized carbons (Fsp3) is 0.800. The molecular weight excluding hydrogens is 240 g/mol. The van der Waals surface area contributed by atoms with Gasteiger partial charge in [0.2, 0.25) is 0 Å². The molecule has 0 heterocycles. The first-order valence-corrected chi connectivity index (χ1v) is 9.98. The molecule has 0 amide bonds. The zero-order valence-electron chi connectivity index (χ0n) is 12.9. The largest absolute Gasteiger partial charge is 0.413 e. The molecule has 0 spiro atoms. The van der Waals surface area contributed by atoms with Crippen LogP contribution in [0.2, 0.25) is 18.1 Å². The second kappa shape index (κ2) is 5.70. The molecule has 1 aliphatic carbocycles. The Morgan fingerprint density at radius 2 is 1.83 bits per heavy atom. The maximum Gasteiger partial charge on any atom is 0.192 e. The molecule has 0 aromatic rings. The van der Waals surface area contributed by atoms with Crippen LogP contribution in [0.15, 0.2) is 11.1 Å². The first kappa shape index (κ1) is 15.6. The van der Waals surface area contributed by atoms with E-state index in [0.717, 1.165) is 24.8 Å². The van der Waals surface area contributed by atoms with Crippen molar-refractivity contribution in [1.82, 2.24) is 0 Å². The molecule has 104 valence electrons. The van der Waals surface area contributed by atoms with Gasteiger partial charge in [-0.3, -0.25) is 4.79 Å². The van der Waals surface area contributed by atoms with E-state index in [2.05, 4.69) is 40.8 Å². The van der Waals surface area contributed by atoms with Crippen molar-refractivity contribution < 1.29 is 9.22 Å². The first-order valence-electron chi connectivity index (χ1n) is 7.07. The molecule has 2 nitrogen and oxygen atoms in total. The standard InChI is InChI=1S/C15H28O2Si/c1-7-8-13-12(9-10-14(13)16)11-17-18(5,6)15(2,3)4/h7-11H2,1-6H3. The number of hydrogen-bond donors (Lipinski definition) is 0. The third-order valence-electron chi connectivity index (χ3n) is 4.33. The Morgan fingerprint density at radius 3 is 2.33 bits per heavy atom. The van der Waals surface area contributed by atoms with E-state index in [0.29, 0.717) is 18.8 Å². The SMILES string of the molecule is CCCC1=C(CO[Si](C)(C)C(C)(C)C)CCC1=O. The van der Waals surface area contributed by atoms with Crippen molar-refractivity contribution >= 4 is 14.1 Å². The minimum absolute atomic E-state index is 0.237. The summed E-state index contributed by atoms with van der Waals surface area (Å²) < 4.78 is 6.23. The number of ketones is 1. The Hall–Kier alpha value is -0.413.